The number of aliphatic carboxylic acids is 1. The van der Waals surface area contributed by atoms with E-state index in [1.54, 1.807) is 0 Å². The topological polar surface area (TPSA) is 40.5 Å². The minimum atomic E-state index is -1.52. The highest BCUT2D eigenvalue weighted by Crippen LogP contribution is 2.15. The van der Waals surface area contributed by atoms with E-state index in [4.69, 9.17) is 5.11 Å². The van der Waals surface area contributed by atoms with Crippen LogP contribution < -0.4 is 0 Å². The second kappa shape index (κ2) is 3.13. The molecule has 0 aromatic carbocycles. The predicted molar refractivity (Wildman–Crippen MR) is 33.9 cm³/mol. The normalized spacial score (nSPS) is 32.5. The fourth-order valence-electron chi connectivity index (χ4n) is 1.12. The Morgan fingerprint density at radius 1 is 1.45 bits per heavy atom. The lowest BCUT2D eigenvalue weighted by molar-refractivity contribution is -0.138. The number of rotatable bonds is 2. The maximum atomic E-state index is 12.4. The molecule has 0 unspecified atom stereocenters. The molecule has 1 saturated heterocycles. The highest BCUT2D eigenvalue weighted by Gasteiger charge is 2.33. The number of nitrogens with zero attached hydrogens (tertiary/aromatic N) is 1. The van der Waals surface area contributed by atoms with Gasteiger partial charge < -0.3 is 5.11 Å². The zero-order valence-electron chi connectivity index (χ0n) is 5.83. The molecule has 0 aromatic heterocycles. The number of carboxylic acids is 1. The van der Waals surface area contributed by atoms with E-state index >= 15 is 0 Å². The lowest BCUT2D eigenvalue weighted by Gasteiger charge is -2.09. The Morgan fingerprint density at radius 3 is 2.27 bits per heavy atom. The Morgan fingerprint density at radius 2 is 1.91 bits per heavy atom. The molecule has 0 bridgehead atoms. The third-order valence-electron chi connectivity index (χ3n) is 1.62. The van der Waals surface area contributed by atoms with Crippen LogP contribution in [0.25, 0.3) is 0 Å². The van der Waals surface area contributed by atoms with Crippen molar-refractivity contribution in [1.29, 1.82) is 0 Å². The standard InChI is InChI=1S/C6H9F2NO2/c7-4-1-9(2-5(4)8)3-6(10)11/h4-5H,1-3H2,(H,10,11)/t4-,5-/m0/s1. The van der Waals surface area contributed by atoms with Crippen LogP contribution in [0, 0.1) is 0 Å². The largest absolute Gasteiger partial charge is 0.480 e. The fourth-order valence-corrected chi connectivity index (χ4v) is 1.12. The SMILES string of the molecule is O=C(O)CN1C[C@H](F)[C@@H](F)C1. The monoisotopic (exact) mass is 165 g/mol. The molecule has 5 heteroatoms. The smallest absolute Gasteiger partial charge is 0.317 e. The quantitative estimate of drug-likeness (QED) is 0.629. The third kappa shape index (κ3) is 2.11. The molecule has 3 nitrogen and oxygen atoms in total. The molecule has 0 amide bonds. The van der Waals surface area contributed by atoms with Crippen LogP contribution in [0.3, 0.4) is 0 Å². The van der Waals surface area contributed by atoms with Crippen molar-refractivity contribution in [3.8, 4) is 0 Å². The molecule has 2 atom stereocenters. The van der Waals surface area contributed by atoms with Gasteiger partial charge in [-0.1, -0.05) is 0 Å². The summed E-state index contributed by atoms with van der Waals surface area (Å²) in [7, 11) is 0. The van der Waals surface area contributed by atoms with Crippen LogP contribution in [0.15, 0.2) is 0 Å². The van der Waals surface area contributed by atoms with Crippen molar-refractivity contribution < 1.29 is 18.7 Å². The Labute approximate surface area is 62.6 Å². The van der Waals surface area contributed by atoms with Gasteiger partial charge in [0.15, 0.2) is 0 Å². The van der Waals surface area contributed by atoms with Gasteiger partial charge in [0.05, 0.1) is 6.54 Å². The van der Waals surface area contributed by atoms with Gasteiger partial charge in [-0.25, -0.2) is 8.78 Å². The first-order valence-electron chi connectivity index (χ1n) is 3.32. The molecule has 1 fully saturated rings. The minimum absolute atomic E-state index is 0.104. The van der Waals surface area contributed by atoms with Gasteiger partial charge in [0, 0.05) is 13.1 Å². The van der Waals surface area contributed by atoms with Crippen molar-refractivity contribution in [1.82, 2.24) is 4.90 Å². The molecule has 1 N–H and O–H groups in total. The Balaban J connectivity index is 2.35. The van der Waals surface area contributed by atoms with Gasteiger partial charge in [-0.2, -0.15) is 0 Å². The maximum absolute atomic E-state index is 12.4. The summed E-state index contributed by atoms with van der Waals surface area (Å²) in [5.74, 6) is -1.05. The van der Waals surface area contributed by atoms with Crippen LogP contribution in [0.4, 0.5) is 8.78 Å². The van der Waals surface area contributed by atoms with Gasteiger partial charge in [0.1, 0.15) is 12.3 Å². The van der Waals surface area contributed by atoms with E-state index in [0.29, 0.717) is 0 Å². The first kappa shape index (κ1) is 8.39. The molecule has 0 radical (unpaired) electrons. The van der Waals surface area contributed by atoms with Gasteiger partial charge in [-0.3, -0.25) is 9.69 Å². The average molecular weight is 165 g/mol. The van der Waals surface area contributed by atoms with E-state index in [1.165, 1.54) is 4.90 Å². The highest BCUT2D eigenvalue weighted by atomic mass is 19.2. The maximum Gasteiger partial charge on any atom is 0.317 e. The number of carbonyl (C=O) groups is 1. The summed E-state index contributed by atoms with van der Waals surface area (Å²) in [6, 6.07) is 0. The summed E-state index contributed by atoms with van der Waals surface area (Å²) in [4.78, 5) is 11.3. The van der Waals surface area contributed by atoms with Gasteiger partial charge in [-0.15, -0.1) is 0 Å². The lowest BCUT2D eigenvalue weighted by atomic mass is 10.3. The average Bonchev–Trinajstić information content (AvgIpc) is 2.10. The van der Waals surface area contributed by atoms with E-state index < -0.39 is 18.3 Å². The molecule has 64 valence electrons. The Bertz CT molecular complexity index is 155. The van der Waals surface area contributed by atoms with Crippen LogP contribution in [-0.4, -0.2) is 48.0 Å². The van der Waals surface area contributed by atoms with Gasteiger partial charge >= 0.3 is 5.97 Å². The zero-order valence-corrected chi connectivity index (χ0v) is 5.83. The molecule has 1 heterocycles. The molecule has 1 rings (SSSR count). The van der Waals surface area contributed by atoms with E-state index in [9.17, 15) is 13.6 Å². The predicted octanol–water partition coefficient (Wildman–Crippen LogP) is 0.0628. The Kier molecular flexibility index (Phi) is 2.38. The van der Waals surface area contributed by atoms with Crippen LogP contribution in [0.5, 0.6) is 0 Å². The van der Waals surface area contributed by atoms with Gasteiger partial charge in [0.2, 0.25) is 0 Å². The first-order chi connectivity index (χ1) is 5.09. The van der Waals surface area contributed by atoms with Crippen molar-refractivity contribution in [3.05, 3.63) is 0 Å². The second-order valence-corrected chi connectivity index (χ2v) is 2.62. The number of halogens is 2. The summed E-state index contributed by atoms with van der Waals surface area (Å²) >= 11 is 0. The molecule has 11 heavy (non-hydrogen) atoms. The van der Waals surface area contributed by atoms with Crippen molar-refractivity contribution >= 4 is 5.97 Å². The highest BCUT2D eigenvalue weighted by molar-refractivity contribution is 5.69. The minimum Gasteiger partial charge on any atom is -0.480 e. The zero-order chi connectivity index (χ0) is 8.43. The van der Waals surface area contributed by atoms with Gasteiger partial charge in [0.25, 0.3) is 0 Å². The van der Waals surface area contributed by atoms with Crippen molar-refractivity contribution in [2.45, 2.75) is 12.3 Å². The molecule has 0 aliphatic carbocycles. The van der Waals surface area contributed by atoms with Crippen molar-refractivity contribution in [2.24, 2.45) is 0 Å². The molecule has 1 aliphatic rings. The number of carboxylic acid groups (broad SMARTS) is 1. The molecule has 0 aromatic rings. The number of hydrogen-bond donors (Lipinski definition) is 1. The molecule has 0 spiro atoms. The molecular weight excluding hydrogens is 156 g/mol. The van der Waals surface area contributed by atoms with Crippen LogP contribution >= 0.6 is 0 Å². The lowest BCUT2D eigenvalue weighted by Crippen LogP contribution is -2.27. The first-order valence-corrected chi connectivity index (χ1v) is 3.32. The van der Waals surface area contributed by atoms with Crippen molar-refractivity contribution in [2.75, 3.05) is 19.6 Å². The number of hydrogen-bond acceptors (Lipinski definition) is 2. The summed E-state index contributed by atoms with van der Waals surface area (Å²) in [5.41, 5.74) is 0. The number of alkyl halides is 2. The van der Waals surface area contributed by atoms with Crippen LogP contribution in [-0.2, 0) is 4.79 Å². The van der Waals surface area contributed by atoms with Gasteiger partial charge in [-0.05, 0) is 0 Å². The number of likely N-dealkylation sites (tertiary alicyclic amines) is 1. The van der Waals surface area contributed by atoms with Crippen molar-refractivity contribution in [3.63, 3.8) is 0 Å². The molecule has 0 saturated carbocycles. The van der Waals surface area contributed by atoms with Crippen LogP contribution in [0.1, 0.15) is 0 Å². The Hall–Kier alpha value is -0.710. The van der Waals surface area contributed by atoms with E-state index in [1.807, 2.05) is 0 Å². The summed E-state index contributed by atoms with van der Waals surface area (Å²) in [6.07, 6.45) is -3.04. The fraction of sp³-hybridized carbons (Fsp3) is 0.833. The van der Waals surface area contributed by atoms with E-state index in [2.05, 4.69) is 0 Å². The van der Waals surface area contributed by atoms with E-state index in [0.717, 1.165) is 0 Å². The molecule has 1 aliphatic heterocycles. The summed E-state index contributed by atoms with van der Waals surface area (Å²) in [6.45, 7) is -0.484. The third-order valence-corrected chi connectivity index (χ3v) is 1.62. The van der Waals surface area contributed by atoms with E-state index in [-0.39, 0.29) is 19.6 Å². The summed E-state index contributed by atoms with van der Waals surface area (Å²) < 4.78 is 24.8. The summed E-state index contributed by atoms with van der Waals surface area (Å²) in [5, 5.41) is 8.26. The molecular formula is C6H9F2NO2. The van der Waals surface area contributed by atoms with Crippen LogP contribution in [0.2, 0.25) is 0 Å². The second-order valence-electron chi connectivity index (χ2n) is 2.62.